The number of fused-ring (bicyclic) bond motifs is 1. The van der Waals surface area contributed by atoms with Gasteiger partial charge in [0.25, 0.3) is 0 Å². The van der Waals surface area contributed by atoms with Crippen molar-refractivity contribution in [3.05, 3.63) is 168 Å². The van der Waals surface area contributed by atoms with Crippen LogP contribution in [0.5, 0.6) is 5.75 Å². The van der Waals surface area contributed by atoms with E-state index in [-0.39, 0.29) is 43.4 Å². The smallest absolute Gasteiger partial charge is 0.148 e. The number of benzene rings is 6. The fourth-order valence-corrected chi connectivity index (χ4v) is 7.78. The summed E-state index contributed by atoms with van der Waals surface area (Å²) >= 11 is 0. The van der Waals surface area contributed by atoms with Crippen LogP contribution in [0.25, 0.3) is 72.7 Å². The van der Waals surface area contributed by atoms with E-state index in [1.165, 1.54) is 18.3 Å². The molecule has 0 radical (unpaired) electrons. The molecule has 62 heavy (non-hydrogen) atoms. The average Bonchev–Trinajstić information content (AvgIpc) is 3.70. The number of nitrogens with zero attached hydrogens (tertiary/aromatic N) is 3. The molecule has 318 valence electrons. The van der Waals surface area contributed by atoms with Gasteiger partial charge in [-0.05, 0) is 97.5 Å². The predicted molar refractivity (Wildman–Crippen MR) is 257 cm³/mol. The third-order valence-electron chi connectivity index (χ3n) is 11.0. The Hall–Kier alpha value is -5.57. The summed E-state index contributed by atoms with van der Waals surface area (Å²) < 4.78 is 122. The summed E-state index contributed by atoms with van der Waals surface area (Å²) in [7, 11) is 0. The van der Waals surface area contributed by atoms with Gasteiger partial charge in [-0.2, -0.15) is 0 Å². The van der Waals surface area contributed by atoms with Gasteiger partial charge in [0.1, 0.15) is 11.6 Å². The Morgan fingerprint density at radius 3 is 2.02 bits per heavy atom. The van der Waals surface area contributed by atoms with Crippen LogP contribution in [0.2, 0.25) is 0 Å². The van der Waals surface area contributed by atoms with Crippen LogP contribution in [0.3, 0.4) is 0 Å². The first-order chi connectivity index (χ1) is 34.6. The third kappa shape index (κ3) is 8.73. The minimum Gasteiger partial charge on any atom is -0.507 e. The van der Waals surface area contributed by atoms with Crippen LogP contribution in [0.1, 0.15) is 123 Å². The maximum absolute atomic E-state index is 11.4. The monoisotopic (exact) mass is 1010 g/mol. The van der Waals surface area contributed by atoms with Crippen LogP contribution in [-0.4, -0.2) is 19.6 Å². The van der Waals surface area contributed by atoms with Crippen LogP contribution >= 0.6 is 0 Å². The second-order valence-electron chi connectivity index (χ2n) is 17.9. The Bertz CT molecular complexity index is 3470. The summed E-state index contributed by atoms with van der Waals surface area (Å²) in [6.45, 7) is 4.95. The van der Waals surface area contributed by atoms with Gasteiger partial charge < -0.3 is 5.11 Å². The van der Waals surface area contributed by atoms with E-state index in [4.69, 9.17) is 22.8 Å². The van der Waals surface area contributed by atoms with Gasteiger partial charge in [0.15, 0.2) is 0 Å². The molecule has 8 aromatic rings. The van der Waals surface area contributed by atoms with Crippen molar-refractivity contribution in [1.82, 2.24) is 14.5 Å². The quantitative estimate of drug-likeness (QED) is 0.162. The maximum atomic E-state index is 11.4. The fourth-order valence-electron chi connectivity index (χ4n) is 7.78. The van der Waals surface area contributed by atoms with Crippen molar-refractivity contribution in [3.8, 4) is 67.5 Å². The van der Waals surface area contributed by atoms with Crippen LogP contribution in [0, 0.1) is 6.07 Å². The summed E-state index contributed by atoms with van der Waals surface area (Å²) in [6.07, 6.45) is 1.40. The Balaban J connectivity index is 0.00000840. The summed E-state index contributed by atoms with van der Waals surface area (Å²) in [5.41, 5.74) is 3.48. The maximum Gasteiger partial charge on any atom is 0.148 e. The SMILES string of the molecule is [2H]c1c([2H])c(C(C([2H])([2H])[2H])(C([2H])([2H])[2H])C([2H])([2H])[2H])c([2H])c([2H])c1-c1ccnc(-c2[c-]c(-c3cccc4c3nc(-c3ccccc3O)n4-c3ccc(-c4ccccc4C(C)(C)C)c(C([2H])(C)C)c3)cc(C(C)(C)C)c2)c1.[Pt]. The molecular weight excluding hydrogens is 938 g/mol. The van der Waals surface area contributed by atoms with Crippen LogP contribution < -0.4 is 0 Å². The molecular formula is C57H58N3OPt-. The van der Waals surface area contributed by atoms with Gasteiger partial charge in [-0.25, -0.2) is 4.98 Å². The van der Waals surface area contributed by atoms with Gasteiger partial charge in [-0.15, -0.1) is 29.3 Å². The molecule has 2 aromatic heterocycles. The summed E-state index contributed by atoms with van der Waals surface area (Å²) in [4.78, 5) is 9.97. The number of para-hydroxylation sites is 2. The van der Waals surface area contributed by atoms with Gasteiger partial charge in [0.05, 0.1) is 22.1 Å². The van der Waals surface area contributed by atoms with E-state index in [2.05, 4.69) is 50.0 Å². The first kappa shape index (κ1) is 29.7. The number of rotatable bonds is 7. The summed E-state index contributed by atoms with van der Waals surface area (Å²) in [5.74, 6) is -0.568. The van der Waals surface area contributed by atoms with Crippen molar-refractivity contribution in [3.63, 3.8) is 0 Å². The van der Waals surface area contributed by atoms with E-state index in [1.54, 1.807) is 18.2 Å². The van der Waals surface area contributed by atoms with E-state index in [1.807, 2.05) is 99.8 Å². The molecule has 0 aliphatic heterocycles. The molecule has 0 aliphatic rings. The number of aromatic hydroxyl groups is 1. The average molecular weight is 1010 g/mol. The van der Waals surface area contributed by atoms with Crippen molar-refractivity contribution in [2.45, 2.75) is 98.1 Å². The van der Waals surface area contributed by atoms with Gasteiger partial charge >= 0.3 is 0 Å². The summed E-state index contributed by atoms with van der Waals surface area (Å²) in [6, 6.07) is 33.7. The zero-order chi connectivity index (χ0) is 55.3. The van der Waals surface area contributed by atoms with Crippen molar-refractivity contribution < 1.29 is 45.4 Å². The molecule has 0 bridgehead atoms. The number of aromatic nitrogens is 3. The van der Waals surface area contributed by atoms with E-state index in [0.717, 1.165) is 33.5 Å². The number of phenols is 1. The van der Waals surface area contributed by atoms with E-state index in [9.17, 15) is 6.48 Å². The molecule has 5 heteroatoms. The Morgan fingerprint density at radius 1 is 0.661 bits per heavy atom. The number of pyridine rings is 1. The predicted octanol–water partition coefficient (Wildman–Crippen LogP) is 15.3. The van der Waals surface area contributed by atoms with Crippen LogP contribution in [0.4, 0.5) is 0 Å². The molecule has 0 atom stereocenters. The molecule has 4 nitrogen and oxygen atoms in total. The van der Waals surface area contributed by atoms with Crippen molar-refractivity contribution in [2.75, 3.05) is 0 Å². The van der Waals surface area contributed by atoms with Gasteiger partial charge in [0.2, 0.25) is 0 Å². The second kappa shape index (κ2) is 16.9. The molecule has 1 N–H and O–H groups in total. The molecule has 0 unspecified atom stereocenters. The normalized spacial score (nSPS) is 16.3. The van der Waals surface area contributed by atoms with Gasteiger partial charge in [-0.1, -0.05) is 172 Å². The number of hydrogen-bond acceptors (Lipinski definition) is 3. The van der Waals surface area contributed by atoms with E-state index >= 15 is 0 Å². The second-order valence-corrected chi connectivity index (χ2v) is 17.9. The minimum absolute atomic E-state index is 0. The molecule has 0 saturated carbocycles. The summed E-state index contributed by atoms with van der Waals surface area (Å²) in [5, 5.41) is 11.4. The number of imidazole rings is 1. The minimum atomic E-state index is -3.81. The van der Waals surface area contributed by atoms with Gasteiger partial charge in [0, 0.05) is 52.4 Å². The first-order valence-electron chi connectivity index (χ1n) is 27.3. The molecule has 8 rings (SSSR count). The standard InChI is InChI=1S/C57H58N3O.Pt/c1-36(2)48-35-43(27-28-45(48)46-17-12-14-20-49(46)57(9,10)11)60-51-21-16-19-44(53(51)59-54(60)47-18-13-15-22-52(47)61)39-31-40(33-42(32-39)56(6,7)8)50-34-38(29-30-58-50)37-23-25-41(26-24-37)55(3,4)5;/h12-30,32-36,61H,1-11H3;/q-1;/i3D3,4D3,5D3,23D,24D,25D,26D,36D;. The Labute approximate surface area is 403 Å². The van der Waals surface area contributed by atoms with E-state index < -0.39 is 67.0 Å². The molecule has 2 heterocycles. The largest absolute Gasteiger partial charge is 0.507 e. The van der Waals surface area contributed by atoms with Crippen molar-refractivity contribution in [1.29, 1.82) is 0 Å². The molecule has 0 saturated heterocycles. The van der Waals surface area contributed by atoms with Crippen molar-refractivity contribution in [2.24, 2.45) is 0 Å². The number of hydrogen-bond donors (Lipinski definition) is 1. The molecule has 6 aromatic carbocycles. The fraction of sp³-hybridized carbons (Fsp3) is 0.263. The first-order valence-corrected chi connectivity index (χ1v) is 20.3. The molecule has 0 aliphatic carbocycles. The topological polar surface area (TPSA) is 50.9 Å². The third-order valence-corrected chi connectivity index (χ3v) is 11.0. The van der Waals surface area contributed by atoms with Gasteiger partial charge in [-0.3, -0.25) is 9.55 Å². The Kier molecular flexibility index (Phi) is 8.11. The van der Waals surface area contributed by atoms with E-state index in [0.29, 0.717) is 44.8 Å². The molecule has 0 fully saturated rings. The molecule has 0 spiro atoms. The van der Waals surface area contributed by atoms with Crippen LogP contribution in [-0.2, 0) is 37.3 Å². The molecule has 0 amide bonds. The zero-order valence-corrected chi connectivity index (χ0v) is 38.3. The number of phenolic OH excluding ortho intramolecular Hbond substituents is 1. The zero-order valence-electron chi connectivity index (χ0n) is 50.1. The van der Waals surface area contributed by atoms with Crippen molar-refractivity contribution >= 4 is 11.0 Å². The Morgan fingerprint density at radius 2 is 1.34 bits per heavy atom. The van der Waals surface area contributed by atoms with Crippen LogP contribution in [0.15, 0.2) is 140 Å².